The van der Waals surface area contributed by atoms with E-state index in [2.05, 4.69) is 55.3 Å². The summed E-state index contributed by atoms with van der Waals surface area (Å²) < 4.78 is 0. The Morgan fingerprint density at radius 3 is 2.86 bits per heavy atom. The summed E-state index contributed by atoms with van der Waals surface area (Å²) in [5, 5.41) is 5.40. The van der Waals surface area contributed by atoms with Gasteiger partial charge in [-0.15, -0.1) is 0 Å². The lowest BCUT2D eigenvalue weighted by Crippen LogP contribution is -2.59. The van der Waals surface area contributed by atoms with Gasteiger partial charge in [-0.05, 0) is 30.6 Å². The van der Waals surface area contributed by atoms with Crippen molar-refractivity contribution in [2.75, 3.05) is 19.6 Å². The Balaban J connectivity index is 1.75. The molecule has 1 saturated heterocycles. The van der Waals surface area contributed by atoms with Crippen molar-refractivity contribution in [2.45, 2.75) is 33.0 Å². The highest BCUT2D eigenvalue weighted by Gasteiger charge is 2.29. The second-order valence-corrected chi connectivity index (χ2v) is 6.38. The quantitative estimate of drug-likeness (QED) is 0.712. The molecule has 3 aliphatic rings. The summed E-state index contributed by atoms with van der Waals surface area (Å²) in [5.74, 6) is 7.72. The number of hydrazine groups is 1. The van der Waals surface area contributed by atoms with Crippen LogP contribution in [0.3, 0.4) is 0 Å². The van der Waals surface area contributed by atoms with Crippen LogP contribution in [0, 0.1) is 5.92 Å². The Hall–Kier alpha value is -1.59. The number of fused-ring (bicyclic) bond motifs is 1. The summed E-state index contributed by atoms with van der Waals surface area (Å²) in [6.07, 6.45) is 8.59. The molecule has 2 unspecified atom stereocenters. The van der Waals surface area contributed by atoms with Crippen LogP contribution >= 0.6 is 0 Å². The Labute approximate surface area is 126 Å². The number of amidine groups is 1. The second-order valence-electron chi connectivity index (χ2n) is 6.38. The van der Waals surface area contributed by atoms with Crippen LogP contribution in [0.1, 0.15) is 20.8 Å². The first-order valence-corrected chi connectivity index (χ1v) is 7.72. The number of nitrogens with zero attached hydrogens (tertiary/aromatic N) is 3. The Morgan fingerprint density at radius 2 is 2.10 bits per heavy atom. The van der Waals surface area contributed by atoms with E-state index in [0.717, 1.165) is 31.2 Å². The van der Waals surface area contributed by atoms with Crippen molar-refractivity contribution in [2.24, 2.45) is 16.8 Å². The maximum atomic E-state index is 6.12. The fourth-order valence-corrected chi connectivity index (χ4v) is 3.07. The maximum absolute atomic E-state index is 6.12. The van der Waals surface area contributed by atoms with Gasteiger partial charge in [0.05, 0.1) is 0 Å². The summed E-state index contributed by atoms with van der Waals surface area (Å²) in [5.41, 5.74) is 2.39. The van der Waals surface area contributed by atoms with E-state index < -0.39 is 0 Å². The molecule has 2 atom stereocenters. The molecule has 0 saturated carbocycles. The number of hydrogen-bond acceptors (Lipinski definition) is 5. The van der Waals surface area contributed by atoms with Gasteiger partial charge in [-0.3, -0.25) is 5.84 Å². The molecular formula is C16H25N5. The Bertz CT molecular complexity index is 529. The van der Waals surface area contributed by atoms with Crippen molar-refractivity contribution >= 4 is 5.84 Å². The molecule has 0 aliphatic carbocycles. The second kappa shape index (κ2) is 5.66. The van der Waals surface area contributed by atoms with Crippen LogP contribution in [0.4, 0.5) is 0 Å². The summed E-state index contributed by atoms with van der Waals surface area (Å²) >= 11 is 0. The number of rotatable bonds is 1. The Morgan fingerprint density at radius 1 is 1.29 bits per heavy atom. The van der Waals surface area contributed by atoms with Crippen molar-refractivity contribution in [3.63, 3.8) is 0 Å². The topological polar surface area (TPSA) is 56.9 Å². The minimum atomic E-state index is 0.0587. The summed E-state index contributed by atoms with van der Waals surface area (Å²) in [7, 11) is 0. The fraction of sp³-hybridized carbons (Fsp3) is 0.562. The number of nitrogens with two attached hydrogens (primary N) is 1. The van der Waals surface area contributed by atoms with Gasteiger partial charge in [0.15, 0.2) is 0 Å². The predicted molar refractivity (Wildman–Crippen MR) is 86.4 cm³/mol. The zero-order chi connectivity index (χ0) is 15.0. The third-order valence-corrected chi connectivity index (χ3v) is 4.45. The maximum Gasteiger partial charge on any atom is 0.146 e. The molecule has 3 heterocycles. The number of piperazine rings is 1. The molecule has 0 amide bonds. The summed E-state index contributed by atoms with van der Waals surface area (Å²) in [6.45, 7) is 9.29. The average molecular weight is 287 g/mol. The highest BCUT2D eigenvalue weighted by atomic mass is 15.5. The third kappa shape index (κ3) is 2.89. The van der Waals surface area contributed by atoms with E-state index in [0.29, 0.717) is 12.0 Å². The van der Waals surface area contributed by atoms with Crippen LogP contribution in [-0.4, -0.2) is 47.6 Å². The van der Waals surface area contributed by atoms with E-state index in [1.54, 1.807) is 0 Å². The van der Waals surface area contributed by atoms with Crippen LogP contribution < -0.4 is 11.2 Å². The molecule has 5 heteroatoms. The molecule has 0 radical (unpaired) electrons. The first kappa shape index (κ1) is 14.4. The standard InChI is InChI=1S/C16H25N5/c1-11(2)14-10-20(8-9-21(14)17)15-7-6-13-5-4-12(3)18-16(13)19-15/h4-7,11,14,16,18H,8-10,17H2,1-3H3. The van der Waals surface area contributed by atoms with Crippen LogP contribution in [0.5, 0.6) is 0 Å². The van der Waals surface area contributed by atoms with Gasteiger partial charge >= 0.3 is 0 Å². The van der Waals surface area contributed by atoms with E-state index in [9.17, 15) is 0 Å². The van der Waals surface area contributed by atoms with Gasteiger partial charge in [0.25, 0.3) is 0 Å². The molecule has 1 fully saturated rings. The molecule has 114 valence electrons. The molecule has 0 aromatic heterocycles. The molecule has 5 nitrogen and oxygen atoms in total. The molecule has 0 bridgehead atoms. The van der Waals surface area contributed by atoms with E-state index in [1.165, 1.54) is 5.57 Å². The van der Waals surface area contributed by atoms with Crippen molar-refractivity contribution < 1.29 is 0 Å². The van der Waals surface area contributed by atoms with E-state index >= 15 is 0 Å². The SMILES string of the molecule is CC1=CC=C2C=CC(N3CCN(N)C(C(C)C)C3)=NC2N1. The van der Waals surface area contributed by atoms with E-state index in [4.69, 9.17) is 10.8 Å². The van der Waals surface area contributed by atoms with Crippen LogP contribution in [0.2, 0.25) is 0 Å². The zero-order valence-corrected chi connectivity index (χ0v) is 13.1. The lowest BCUT2D eigenvalue weighted by molar-refractivity contribution is 0.0827. The minimum absolute atomic E-state index is 0.0587. The highest BCUT2D eigenvalue weighted by Crippen LogP contribution is 2.21. The first-order valence-electron chi connectivity index (χ1n) is 7.72. The van der Waals surface area contributed by atoms with Crippen LogP contribution in [0.15, 0.2) is 40.6 Å². The van der Waals surface area contributed by atoms with Gasteiger partial charge in [-0.1, -0.05) is 26.0 Å². The predicted octanol–water partition coefficient (Wildman–Crippen LogP) is 1.23. The average Bonchev–Trinajstić information content (AvgIpc) is 2.46. The number of hydrogen-bond donors (Lipinski definition) is 2. The number of nitrogens with one attached hydrogen (secondary N) is 1. The molecular weight excluding hydrogens is 262 g/mol. The van der Waals surface area contributed by atoms with E-state index in [1.807, 2.05) is 5.01 Å². The molecule has 3 rings (SSSR count). The van der Waals surface area contributed by atoms with Gasteiger partial charge in [-0.25, -0.2) is 10.0 Å². The molecule has 3 N–H and O–H groups in total. The van der Waals surface area contributed by atoms with Crippen LogP contribution in [0.25, 0.3) is 0 Å². The number of aliphatic imine (C=N–C) groups is 1. The summed E-state index contributed by atoms with van der Waals surface area (Å²) in [6, 6.07) is 0.382. The van der Waals surface area contributed by atoms with Gasteiger partial charge < -0.3 is 10.2 Å². The van der Waals surface area contributed by atoms with Crippen molar-refractivity contribution in [1.29, 1.82) is 0 Å². The van der Waals surface area contributed by atoms with E-state index in [-0.39, 0.29) is 6.17 Å². The smallest absolute Gasteiger partial charge is 0.146 e. The van der Waals surface area contributed by atoms with Crippen molar-refractivity contribution in [3.8, 4) is 0 Å². The summed E-state index contributed by atoms with van der Waals surface area (Å²) in [4.78, 5) is 7.23. The largest absolute Gasteiger partial charge is 0.364 e. The zero-order valence-electron chi connectivity index (χ0n) is 13.1. The first-order chi connectivity index (χ1) is 10.0. The molecule has 21 heavy (non-hydrogen) atoms. The fourth-order valence-electron chi connectivity index (χ4n) is 3.07. The van der Waals surface area contributed by atoms with Gasteiger partial charge in [0.2, 0.25) is 0 Å². The third-order valence-electron chi connectivity index (χ3n) is 4.45. The van der Waals surface area contributed by atoms with Crippen molar-refractivity contribution in [3.05, 3.63) is 35.6 Å². The Kier molecular flexibility index (Phi) is 3.87. The van der Waals surface area contributed by atoms with Crippen LogP contribution in [-0.2, 0) is 0 Å². The van der Waals surface area contributed by atoms with Gasteiger partial charge in [0.1, 0.15) is 12.0 Å². The molecule has 0 aromatic carbocycles. The number of allylic oxidation sites excluding steroid dienone is 3. The highest BCUT2D eigenvalue weighted by molar-refractivity contribution is 5.95. The lowest BCUT2D eigenvalue weighted by atomic mass is 10.0. The van der Waals surface area contributed by atoms with Crippen molar-refractivity contribution in [1.82, 2.24) is 15.2 Å². The molecule has 3 aliphatic heterocycles. The van der Waals surface area contributed by atoms with Gasteiger partial charge in [0, 0.05) is 31.4 Å². The molecule has 0 aromatic rings. The molecule has 0 spiro atoms. The monoisotopic (exact) mass is 287 g/mol. The van der Waals surface area contributed by atoms with Gasteiger partial charge in [-0.2, -0.15) is 0 Å². The normalized spacial score (nSPS) is 29.6. The lowest BCUT2D eigenvalue weighted by Gasteiger charge is -2.42. The number of dihydropyridines is 2. The minimum Gasteiger partial charge on any atom is -0.364 e.